The minimum atomic E-state index is -1.24. The molecule has 5 heteroatoms. The van der Waals surface area contributed by atoms with Crippen molar-refractivity contribution < 1.29 is 14.6 Å². The Hall–Kier alpha value is -2.24. The van der Waals surface area contributed by atoms with Crippen molar-refractivity contribution in [3.63, 3.8) is 0 Å². The van der Waals surface area contributed by atoms with E-state index in [1.807, 2.05) is 30.3 Å². The molecular weight excluding hydrogens is 466 g/mol. The fourth-order valence-corrected chi connectivity index (χ4v) is 6.58. The zero-order valence-corrected chi connectivity index (χ0v) is 20.0. The van der Waals surface area contributed by atoms with Crippen molar-refractivity contribution in [2.45, 2.75) is 55.6 Å². The zero-order valence-electron chi connectivity index (χ0n) is 18.4. The fourth-order valence-electron chi connectivity index (χ4n) is 6.31. The first-order valence-corrected chi connectivity index (χ1v) is 12.3. The highest BCUT2D eigenvalue weighted by Crippen LogP contribution is 2.66. The Morgan fingerprint density at radius 2 is 1.78 bits per heavy atom. The number of methoxy groups -OCH3 is 1. The van der Waals surface area contributed by atoms with Crippen LogP contribution in [0.1, 0.15) is 55.6 Å². The van der Waals surface area contributed by atoms with Gasteiger partial charge in [-0.2, -0.15) is 0 Å². The molecule has 3 N–H and O–H groups in total. The van der Waals surface area contributed by atoms with Crippen LogP contribution >= 0.6 is 15.9 Å². The second-order valence-corrected chi connectivity index (χ2v) is 10.1. The van der Waals surface area contributed by atoms with Gasteiger partial charge >= 0.3 is 0 Å². The van der Waals surface area contributed by atoms with Gasteiger partial charge in [0.05, 0.1) is 12.7 Å². The Kier molecular flexibility index (Phi) is 5.58. The molecule has 2 saturated carbocycles. The summed E-state index contributed by atoms with van der Waals surface area (Å²) in [6.07, 6.45) is 7.37. The highest BCUT2D eigenvalue weighted by atomic mass is 79.9. The number of rotatable bonds is 4. The highest BCUT2D eigenvalue weighted by Gasteiger charge is 2.70. The number of ether oxygens (including phenoxy) is 2. The highest BCUT2D eigenvalue weighted by molar-refractivity contribution is 9.10. The molecule has 4 nitrogen and oxygen atoms in total. The minimum Gasteiger partial charge on any atom is -0.500 e. The van der Waals surface area contributed by atoms with Gasteiger partial charge in [0, 0.05) is 22.5 Å². The summed E-state index contributed by atoms with van der Waals surface area (Å²) >= 11 is 3.55. The van der Waals surface area contributed by atoms with Crippen molar-refractivity contribution in [1.82, 2.24) is 0 Å². The van der Waals surface area contributed by atoms with Gasteiger partial charge < -0.3 is 20.3 Å². The summed E-state index contributed by atoms with van der Waals surface area (Å²) in [7, 11) is 1.71. The lowest BCUT2D eigenvalue weighted by Gasteiger charge is -2.40. The number of aliphatic hydroxyl groups is 1. The predicted octanol–water partition coefficient (Wildman–Crippen LogP) is 5.87. The van der Waals surface area contributed by atoms with Crippen molar-refractivity contribution in [2.75, 3.05) is 7.11 Å². The zero-order chi connectivity index (χ0) is 22.3. The lowest BCUT2D eigenvalue weighted by molar-refractivity contribution is -0.0963. The van der Waals surface area contributed by atoms with Crippen LogP contribution in [0, 0.1) is 5.92 Å². The largest absolute Gasteiger partial charge is 0.500 e. The van der Waals surface area contributed by atoms with Crippen LogP contribution in [0.2, 0.25) is 0 Å². The van der Waals surface area contributed by atoms with E-state index < -0.39 is 11.2 Å². The number of nitrogens with two attached hydrogens (primary N) is 1. The molecule has 168 valence electrons. The number of hydrogen-bond donors (Lipinski definition) is 2. The Labute approximate surface area is 198 Å². The van der Waals surface area contributed by atoms with E-state index in [2.05, 4.69) is 40.2 Å². The summed E-state index contributed by atoms with van der Waals surface area (Å²) in [5.41, 5.74) is 6.77. The SMILES string of the molecule is CO/C(=C1/C(=C\N)OC2(c3ccc(Br)cc3)C(c3ccccc3)CCC12O)C1CCCC1. The minimum absolute atomic E-state index is 0.0241. The van der Waals surface area contributed by atoms with Crippen LogP contribution in [-0.4, -0.2) is 17.8 Å². The molecule has 0 aromatic heterocycles. The molecule has 3 aliphatic rings. The third kappa shape index (κ3) is 3.05. The molecule has 32 heavy (non-hydrogen) atoms. The first-order valence-electron chi connectivity index (χ1n) is 11.5. The van der Waals surface area contributed by atoms with E-state index in [4.69, 9.17) is 15.2 Å². The molecule has 2 aliphatic carbocycles. The lowest BCUT2D eigenvalue weighted by Crippen LogP contribution is -2.48. The van der Waals surface area contributed by atoms with Crippen LogP contribution in [0.5, 0.6) is 0 Å². The number of hydrogen-bond acceptors (Lipinski definition) is 4. The molecule has 0 radical (unpaired) electrons. The molecule has 2 aromatic rings. The summed E-state index contributed by atoms with van der Waals surface area (Å²) in [6, 6.07) is 18.5. The van der Waals surface area contributed by atoms with E-state index in [0.29, 0.717) is 12.2 Å². The standard InChI is InChI=1S/C27H30BrNO3/c1-31-25(19-9-5-6-10-19)24-23(17-29)32-27(20-11-13-21(28)14-12-20)22(15-16-26(24,27)30)18-7-3-2-4-8-18/h2-4,7-8,11-14,17,19,22,30H,5-6,9-10,15-16,29H2,1H3/b23-17+,25-24-. The maximum absolute atomic E-state index is 12.6. The van der Waals surface area contributed by atoms with Gasteiger partial charge in [0.2, 0.25) is 0 Å². The van der Waals surface area contributed by atoms with E-state index in [1.54, 1.807) is 7.11 Å². The van der Waals surface area contributed by atoms with E-state index in [0.717, 1.165) is 46.2 Å². The van der Waals surface area contributed by atoms with Gasteiger partial charge in [-0.3, -0.25) is 0 Å². The molecule has 1 heterocycles. The molecule has 0 spiro atoms. The quantitative estimate of drug-likeness (QED) is 0.520. The average Bonchev–Trinajstić information content (AvgIpc) is 3.50. The van der Waals surface area contributed by atoms with E-state index >= 15 is 0 Å². The fraction of sp³-hybridized carbons (Fsp3) is 0.407. The Bertz CT molecular complexity index is 1040. The van der Waals surface area contributed by atoms with E-state index in [1.165, 1.54) is 19.0 Å². The molecule has 3 unspecified atom stereocenters. The first kappa shape index (κ1) is 21.6. The normalized spacial score (nSPS) is 32.7. The van der Waals surface area contributed by atoms with Gasteiger partial charge in [-0.15, -0.1) is 0 Å². The van der Waals surface area contributed by atoms with Crippen molar-refractivity contribution >= 4 is 15.9 Å². The summed E-state index contributed by atoms with van der Waals surface area (Å²) in [5.74, 6) is 1.65. The first-order chi connectivity index (χ1) is 15.5. The van der Waals surface area contributed by atoms with Crippen LogP contribution in [0.4, 0.5) is 0 Å². The second kappa shape index (κ2) is 8.27. The van der Waals surface area contributed by atoms with Gasteiger partial charge in [-0.05, 0) is 48.9 Å². The summed E-state index contributed by atoms with van der Waals surface area (Å²) in [6.45, 7) is 0. The van der Waals surface area contributed by atoms with E-state index in [-0.39, 0.29) is 11.8 Å². The predicted molar refractivity (Wildman–Crippen MR) is 129 cm³/mol. The van der Waals surface area contributed by atoms with Crippen molar-refractivity contribution in [1.29, 1.82) is 0 Å². The number of fused-ring (bicyclic) bond motifs is 1. The third-order valence-corrected chi connectivity index (χ3v) is 8.18. The molecular formula is C27H30BrNO3. The van der Waals surface area contributed by atoms with Gasteiger partial charge in [0.15, 0.2) is 5.60 Å². The van der Waals surface area contributed by atoms with Gasteiger partial charge in [0.1, 0.15) is 17.1 Å². The Morgan fingerprint density at radius 1 is 1.09 bits per heavy atom. The van der Waals surface area contributed by atoms with Gasteiger partial charge in [-0.25, -0.2) is 0 Å². The van der Waals surface area contributed by atoms with Crippen molar-refractivity contribution in [3.8, 4) is 0 Å². The topological polar surface area (TPSA) is 64.7 Å². The molecule has 5 rings (SSSR count). The van der Waals surface area contributed by atoms with Crippen LogP contribution in [0.25, 0.3) is 0 Å². The maximum Gasteiger partial charge on any atom is 0.174 e. The molecule has 2 aromatic carbocycles. The summed E-state index contributed by atoms with van der Waals surface area (Å²) < 4.78 is 13.8. The van der Waals surface area contributed by atoms with Crippen LogP contribution in [0.3, 0.4) is 0 Å². The average molecular weight is 496 g/mol. The van der Waals surface area contributed by atoms with Crippen molar-refractivity contribution in [2.24, 2.45) is 11.7 Å². The molecule has 1 aliphatic heterocycles. The Balaban J connectivity index is 1.77. The second-order valence-electron chi connectivity index (χ2n) is 9.16. The van der Waals surface area contributed by atoms with Crippen LogP contribution in [-0.2, 0) is 15.1 Å². The molecule has 0 bridgehead atoms. The van der Waals surface area contributed by atoms with Gasteiger partial charge in [-0.1, -0.05) is 71.2 Å². The molecule has 3 atom stereocenters. The molecule has 0 amide bonds. The monoisotopic (exact) mass is 495 g/mol. The molecule has 1 saturated heterocycles. The Morgan fingerprint density at radius 3 is 2.41 bits per heavy atom. The maximum atomic E-state index is 12.6. The number of allylic oxidation sites excluding steroid dienone is 1. The summed E-state index contributed by atoms with van der Waals surface area (Å²) in [5, 5.41) is 12.6. The summed E-state index contributed by atoms with van der Waals surface area (Å²) in [4.78, 5) is 0. The number of benzene rings is 2. The van der Waals surface area contributed by atoms with Crippen LogP contribution < -0.4 is 5.73 Å². The third-order valence-electron chi connectivity index (χ3n) is 7.65. The smallest absolute Gasteiger partial charge is 0.174 e. The van der Waals surface area contributed by atoms with Gasteiger partial charge in [0.25, 0.3) is 0 Å². The van der Waals surface area contributed by atoms with Crippen LogP contribution in [0.15, 0.2) is 82.4 Å². The van der Waals surface area contributed by atoms with Crippen molar-refractivity contribution in [3.05, 3.63) is 93.5 Å². The van der Waals surface area contributed by atoms with E-state index in [9.17, 15) is 5.11 Å². The number of halogens is 1. The lowest BCUT2D eigenvalue weighted by atomic mass is 9.71. The molecule has 3 fully saturated rings.